The van der Waals surface area contributed by atoms with Gasteiger partial charge in [0.25, 0.3) is 0 Å². The average molecular weight is 380 g/mol. The standard InChI is InChI=1S/C16H16N6.C4H8O2/c17-13-19-15(11-7-3-1-4-8-11)16(21-13,22-14(18)20-15)12-9-5-2-6-10-12;1-2-6-4-3-5-1/h1-10H,(H3,17,19,21)(H3,18,20,22);1-4H2. The van der Waals surface area contributed by atoms with Crippen molar-refractivity contribution in [2.24, 2.45) is 21.5 Å². The Hall–Kier alpha value is -3.10. The molecular formula is C20H24N6O2. The van der Waals surface area contributed by atoms with E-state index in [1.165, 1.54) is 0 Å². The topological polar surface area (TPSA) is 119 Å². The molecule has 0 aliphatic carbocycles. The summed E-state index contributed by atoms with van der Waals surface area (Å²) in [7, 11) is 0. The summed E-state index contributed by atoms with van der Waals surface area (Å²) in [5.41, 5.74) is 12.1. The fourth-order valence-corrected chi connectivity index (χ4v) is 3.68. The molecule has 0 saturated carbocycles. The zero-order valence-corrected chi connectivity index (χ0v) is 15.5. The molecule has 0 radical (unpaired) electrons. The van der Waals surface area contributed by atoms with Gasteiger partial charge in [-0.05, 0) is 0 Å². The molecule has 6 N–H and O–H groups in total. The Morgan fingerprint density at radius 3 is 1.54 bits per heavy atom. The molecule has 3 aliphatic heterocycles. The summed E-state index contributed by atoms with van der Waals surface area (Å²) in [6.07, 6.45) is 0. The Balaban J connectivity index is 0.000000275. The maximum Gasteiger partial charge on any atom is 0.228 e. The first-order chi connectivity index (χ1) is 13.7. The molecule has 5 rings (SSSR count). The fourth-order valence-electron chi connectivity index (χ4n) is 3.68. The van der Waals surface area contributed by atoms with Gasteiger partial charge in [0, 0.05) is 11.1 Å². The van der Waals surface area contributed by atoms with Crippen molar-refractivity contribution in [1.29, 1.82) is 0 Å². The van der Waals surface area contributed by atoms with E-state index in [9.17, 15) is 0 Å². The third kappa shape index (κ3) is 3.06. The zero-order chi connectivity index (χ0) is 19.5. The van der Waals surface area contributed by atoms with Crippen molar-refractivity contribution < 1.29 is 9.47 Å². The third-order valence-corrected chi connectivity index (χ3v) is 4.85. The van der Waals surface area contributed by atoms with Crippen LogP contribution in [0.1, 0.15) is 11.1 Å². The van der Waals surface area contributed by atoms with Gasteiger partial charge in [-0.3, -0.25) is 0 Å². The summed E-state index contributed by atoms with van der Waals surface area (Å²) >= 11 is 0. The molecule has 8 nitrogen and oxygen atoms in total. The van der Waals surface area contributed by atoms with E-state index >= 15 is 0 Å². The van der Waals surface area contributed by atoms with E-state index in [0.717, 1.165) is 37.6 Å². The van der Waals surface area contributed by atoms with Gasteiger partial charge in [0.2, 0.25) is 5.66 Å². The van der Waals surface area contributed by atoms with Gasteiger partial charge in [0.1, 0.15) is 0 Å². The Morgan fingerprint density at radius 2 is 1.11 bits per heavy atom. The molecule has 0 spiro atoms. The summed E-state index contributed by atoms with van der Waals surface area (Å²) in [5.74, 6) is 0.660. The molecule has 0 amide bonds. The highest BCUT2D eigenvalue weighted by Crippen LogP contribution is 2.48. The first kappa shape index (κ1) is 18.3. The van der Waals surface area contributed by atoms with Crippen LogP contribution in [0.2, 0.25) is 0 Å². The number of rotatable bonds is 2. The van der Waals surface area contributed by atoms with Gasteiger partial charge < -0.3 is 31.6 Å². The minimum atomic E-state index is -0.955. The molecule has 8 heteroatoms. The van der Waals surface area contributed by atoms with E-state index < -0.39 is 11.3 Å². The average Bonchev–Trinajstić information content (AvgIpc) is 3.19. The van der Waals surface area contributed by atoms with Crippen LogP contribution in [0.3, 0.4) is 0 Å². The Kier molecular flexibility index (Phi) is 4.89. The minimum absolute atomic E-state index is 0.330. The quantitative estimate of drug-likeness (QED) is 0.604. The monoisotopic (exact) mass is 380 g/mol. The largest absolute Gasteiger partial charge is 0.377 e. The molecule has 3 aliphatic rings. The van der Waals surface area contributed by atoms with Crippen molar-refractivity contribution in [2.45, 2.75) is 11.3 Å². The van der Waals surface area contributed by atoms with Gasteiger partial charge in [-0.15, -0.1) is 0 Å². The van der Waals surface area contributed by atoms with E-state index in [1.807, 2.05) is 60.7 Å². The lowest BCUT2D eigenvalue weighted by molar-refractivity contribution is -0.0334. The highest BCUT2D eigenvalue weighted by atomic mass is 16.6. The van der Waals surface area contributed by atoms with Crippen LogP contribution in [0.5, 0.6) is 0 Å². The minimum Gasteiger partial charge on any atom is -0.377 e. The molecule has 28 heavy (non-hydrogen) atoms. The number of benzene rings is 2. The van der Waals surface area contributed by atoms with Gasteiger partial charge >= 0.3 is 0 Å². The lowest BCUT2D eigenvalue weighted by atomic mass is 9.83. The van der Waals surface area contributed by atoms with Crippen molar-refractivity contribution in [2.75, 3.05) is 26.4 Å². The smallest absolute Gasteiger partial charge is 0.228 e. The number of hydrogen-bond donors (Lipinski definition) is 4. The summed E-state index contributed by atoms with van der Waals surface area (Å²) in [6, 6.07) is 19.7. The molecule has 2 aromatic carbocycles. The third-order valence-electron chi connectivity index (χ3n) is 4.85. The molecule has 1 saturated heterocycles. The van der Waals surface area contributed by atoms with Crippen LogP contribution in [-0.4, -0.2) is 38.3 Å². The van der Waals surface area contributed by atoms with E-state index in [1.54, 1.807) is 0 Å². The van der Waals surface area contributed by atoms with Gasteiger partial charge in [-0.25, -0.2) is 9.98 Å². The number of fused-ring (bicyclic) bond motifs is 1. The summed E-state index contributed by atoms with van der Waals surface area (Å²) in [6.45, 7) is 3.11. The normalized spacial score (nSPS) is 28.0. The molecule has 146 valence electrons. The molecule has 3 heterocycles. The number of hydrogen-bond acceptors (Lipinski definition) is 8. The van der Waals surface area contributed by atoms with Crippen LogP contribution >= 0.6 is 0 Å². The first-order valence-electron chi connectivity index (χ1n) is 9.20. The molecule has 0 bridgehead atoms. The van der Waals surface area contributed by atoms with E-state index in [-0.39, 0.29) is 0 Å². The highest BCUT2D eigenvalue weighted by Gasteiger charge is 2.62. The molecule has 0 aromatic heterocycles. The zero-order valence-electron chi connectivity index (χ0n) is 15.5. The molecule has 0 atom stereocenters. The Labute approximate surface area is 163 Å². The van der Waals surface area contributed by atoms with E-state index in [2.05, 4.69) is 20.6 Å². The van der Waals surface area contributed by atoms with Crippen molar-refractivity contribution in [3.63, 3.8) is 0 Å². The summed E-state index contributed by atoms with van der Waals surface area (Å²) in [5, 5.41) is 6.47. The highest BCUT2D eigenvalue weighted by molar-refractivity contribution is 5.89. The Bertz CT molecular complexity index is 831. The van der Waals surface area contributed by atoms with Crippen LogP contribution in [0.25, 0.3) is 0 Å². The number of nitrogens with zero attached hydrogens (tertiary/aromatic N) is 2. The SMILES string of the molecule is C1COCCO1.NC1=NC2(c3ccccc3)N=C(N)NC2(c2ccccc2)N1. The van der Waals surface area contributed by atoms with Crippen LogP contribution < -0.4 is 22.1 Å². The number of nitrogens with one attached hydrogen (secondary N) is 2. The Morgan fingerprint density at radius 1 is 0.679 bits per heavy atom. The second-order valence-corrected chi connectivity index (χ2v) is 6.62. The second-order valence-electron chi connectivity index (χ2n) is 6.62. The molecule has 1 fully saturated rings. The van der Waals surface area contributed by atoms with Crippen LogP contribution in [0.15, 0.2) is 70.6 Å². The van der Waals surface area contributed by atoms with E-state index in [0.29, 0.717) is 11.9 Å². The predicted octanol–water partition coefficient (Wildman–Crippen LogP) is 0.561. The van der Waals surface area contributed by atoms with Crippen molar-refractivity contribution >= 4 is 11.9 Å². The molecule has 0 unspecified atom stereocenters. The summed E-state index contributed by atoms with van der Waals surface area (Å²) < 4.78 is 9.89. The van der Waals surface area contributed by atoms with Crippen LogP contribution in [0, 0.1) is 0 Å². The van der Waals surface area contributed by atoms with Gasteiger partial charge in [-0.2, -0.15) is 0 Å². The van der Waals surface area contributed by atoms with E-state index in [4.69, 9.17) is 20.9 Å². The fraction of sp³-hybridized carbons (Fsp3) is 0.300. The predicted molar refractivity (Wildman–Crippen MR) is 107 cm³/mol. The maximum atomic E-state index is 6.00. The van der Waals surface area contributed by atoms with Gasteiger partial charge in [0.05, 0.1) is 26.4 Å². The number of guanidine groups is 2. The van der Waals surface area contributed by atoms with Crippen LogP contribution in [-0.2, 0) is 20.8 Å². The number of aliphatic imine (C=N–C) groups is 2. The van der Waals surface area contributed by atoms with Gasteiger partial charge in [-0.1, -0.05) is 60.7 Å². The van der Waals surface area contributed by atoms with Crippen molar-refractivity contribution in [3.05, 3.63) is 71.8 Å². The number of ether oxygens (including phenoxy) is 2. The van der Waals surface area contributed by atoms with Crippen molar-refractivity contribution in [3.8, 4) is 0 Å². The first-order valence-corrected chi connectivity index (χ1v) is 9.20. The summed E-state index contributed by atoms with van der Waals surface area (Å²) in [4.78, 5) is 9.21. The van der Waals surface area contributed by atoms with Crippen LogP contribution in [0.4, 0.5) is 0 Å². The molecule has 2 aromatic rings. The van der Waals surface area contributed by atoms with Gasteiger partial charge in [0.15, 0.2) is 17.6 Å². The lowest BCUT2D eigenvalue weighted by Gasteiger charge is -2.37. The molecular weight excluding hydrogens is 356 g/mol. The second kappa shape index (κ2) is 7.49. The maximum absolute atomic E-state index is 6.00. The van der Waals surface area contributed by atoms with Crippen molar-refractivity contribution in [1.82, 2.24) is 10.6 Å². The number of nitrogens with two attached hydrogens (primary N) is 2. The lowest BCUT2D eigenvalue weighted by Crippen LogP contribution is -2.61.